The van der Waals surface area contributed by atoms with Gasteiger partial charge < -0.3 is 5.73 Å². The van der Waals surface area contributed by atoms with Crippen molar-refractivity contribution in [1.29, 1.82) is 0 Å². The van der Waals surface area contributed by atoms with Crippen LogP contribution in [0.15, 0.2) is 6.33 Å². The van der Waals surface area contributed by atoms with Crippen LogP contribution in [0.25, 0.3) is 4.96 Å². The molecule has 0 radical (unpaired) electrons. The van der Waals surface area contributed by atoms with Gasteiger partial charge in [-0.3, -0.25) is 0 Å². The maximum absolute atomic E-state index is 5.72. The summed E-state index contributed by atoms with van der Waals surface area (Å²) < 4.78 is 1.70. The Labute approximate surface area is 86.0 Å². The van der Waals surface area contributed by atoms with Gasteiger partial charge in [0.2, 0.25) is 4.96 Å². The largest absolute Gasteiger partial charge is 0.330 e. The minimum Gasteiger partial charge on any atom is -0.330 e. The summed E-state index contributed by atoms with van der Waals surface area (Å²) in [5.74, 6) is 0.825. The second-order valence-electron chi connectivity index (χ2n) is 3.58. The van der Waals surface area contributed by atoms with Crippen LogP contribution < -0.4 is 5.73 Å². The highest BCUT2D eigenvalue weighted by atomic mass is 32.1. The average molecular weight is 211 g/mol. The highest BCUT2D eigenvalue weighted by Crippen LogP contribution is 2.26. The molecule has 2 N–H and O–H groups in total. The van der Waals surface area contributed by atoms with Crippen LogP contribution in [0.5, 0.6) is 0 Å². The molecule has 0 saturated carbocycles. The summed E-state index contributed by atoms with van der Waals surface area (Å²) in [5.41, 5.74) is 5.72. The zero-order valence-corrected chi connectivity index (χ0v) is 9.03. The summed E-state index contributed by atoms with van der Waals surface area (Å²) in [5, 5.41) is 13.1. The fourth-order valence-corrected chi connectivity index (χ4v) is 2.49. The molecule has 0 aliphatic carbocycles. The highest BCUT2D eigenvalue weighted by Gasteiger charge is 2.19. The van der Waals surface area contributed by atoms with Crippen molar-refractivity contribution in [2.75, 3.05) is 6.54 Å². The molecule has 0 amide bonds. The highest BCUT2D eigenvalue weighted by molar-refractivity contribution is 7.16. The van der Waals surface area contributed by atoms with E-state index in [0.717, 1.165) is 9.97 Å². The van der Waals surface area contributed by atoms with E-state index >= 15 is 0 Å². The summed E-state index contributed by atoms with van der Waals surface area (Å²) in [4.78, 5) is 0.833. The summed E-state index contributed by atoms with van der Waals surface area (Å²) in [6.45, 7) is 4.93. The Balaban J connectivity index is 2.37. The number of hydrogen-bond acceptors (Lipinski definition) is 5. The molecule has 14 heavy (non-hydrogen) atoms. The second-order valence-corrected chi connectivity index (χ2v) is 4.57. The molecule has 0 aliphatic rings. The van der Waals surface area contributed by atoms with E-state index in [0.29, 0.717) is 18.4 Å². The molecule has 1 unspecified atom stereocenters. The lowest BCUT2D eigenvalue weighted by molar-refractivity contribution is 0.499. The zero-order chi connectivity index (χ0) is 10.1. The van der Waals surface area contributed by atoms with E-state index in [-0.39, 0.29) is 0 Å². The number of nitrogens with two attached hydrogens (primary N) is 1. The lowest BCUT2D eigenvalue weighted by Gasteiger charge is -2.14. The lowest BCUT2D eigenvalue weighted by atomic mass is 9.97. The minimum atomic E-state index is 0.321. The summed E-state index contributed by atoms with van der Waals surface area (Å²) in [7, 11) is 0. The molecule has 5 nitrogen and oxygen atoms in total. The average Bonchev–Trinajstić information content (AvgIpc) is 2.63. The third kappa shape index (κ3) is 1.51. The normalized spacial score (nSPS) is 14.0. The van der Waals surface area contributed by atoms with Gasteiger partial charge in [-0.2, -0.15) is 9.61 Å². The van der Waals surface area contributed by atoms with Crippen molar-refractivity contribution in [3.8, 4) is 0 Å². The standard InChI is InChI=1S/C8H13N5S/c1-5(2)6(3-9)7-12-13-4-10-11-8(13)14-7/h4-6H,3,9H2,1-2H3. The summed E-state index contributed by atoms with van der Waals surface area (Å²) in [6, 6.07) is 0. The van der Waals surface area contributed by atoms with Gasteiger partial charge in [0.05, 0.1) is 0 Å². The van der Waals surface area contributed by atoms with Crippen LogP contribution in [0.4, 0.5) is 0 Å². The second kappa shape index (κ2) is 3.62. The van der Waals surface area contributed by atoms with E-state index in [4.69, 9.17) is 5.73 Å². The van der Waals surface area contributed by atoms with Crippen molar-refractivity contribution >= 4 is 16.3 Å². The molecule has 0 bridgehead atoms. The predicted octanol–water partition coefficient (Wildman–Crippen LogP) is 0.884. The maximum Gasteiger partial charge on any atom is 0.234 e. The molecule has 0 spiro atoms. The van der Waals surface area contributed by atoms with Gasteiger partial charge in [0.1, 0.15) is 11.3 Å². The van der Waals surface area contributed by atoms with Gasteiger partial charge in [-0.15, -0.1) is 10.2 Å². The van der Waals surface area contributed by atoms with Crippen LogP contribution >= 0.6 is 11.3 Å². The van der Waals surface area contributed by atoms with Crippen molar-refractivity contribution in [2.24, 2.45) is 11.7 Å². The number of nitrogens with zero attached hydrogens (tertiary/aromatic N) is 4. The number of rotatable bonds is 3. The molecular weight excluding hydrogens is 198 g/mol. The molecule has 2 rings (SSSR count). The molecule has 0 aromatic carbocycles. The van der Waals surface area contributed by atoms with Gasteiger partial charge in [0, 0.05) is 12.5 Å². The zero-order valence-electron chi connectivity index (χ0n) is 8.21. The van der Waals surface area contributed by atoms with Crippen LogP contribution in [-0.2, 0) is 0 Å². The first-order valence-corrected chi connectivity index (χ1v) is 5.41. The van der Waals surface area contributed by atoms with Gasteiger partial charge in [-0.05, 0) is 5.92 Å². The quantitative estimate of drug-likeness (QED) is 0.818. The Morgan fingerprint density at radius 3 is 2.93 bits per heavy atom. The minimum absolute atomic E-state index is 0.321. The molecular formula is C8H13N5S. The van der Waals surface area contributed by atoms with E-state index in [2.05, 4.69) is 29.1 Å². The topological polar surface area (TPSA) is 69.1 Å². The summed E-state index contributed by atoms with van der Waals surface area (Å²) >= 11 is 1.56. The third-order valence-corrected chi connectivity index (χ3v) is 3.32. The predicted molar refractivity (Wildman–Crippen MR) is 55.3 cm³/mol. The Bertz CT molecular complexity index is 389. The number of fused-ring (bicyclic) bond motifs is 1. The van der Waals surface area contributed by atoms with Gasteiger partial charge in [-0.25, -0.2) is 0 Å². The fraction of sp³-hybridized carbons (Fsp3) is 0.625. The first-order chi connectivity index (χ1) is 6.72. The molecule has 2 aromatic rings. The monoisotopic (exact) mass is 211 g/mol. The van der Waals surface area contributed by atoms with E-state index in [9.17, 15) is 0 Å². The van der Waals surface area contributed by atoms with Crippen LogP contribution in [0.3, 0.4) is 0 Å². The van der Waals surface area contributed by atoms with Gasteiger partial charge in [-0.1, -0.05) is 25.2 Å². The molecule has 2 aromatic heterocycles. The lowest BCUT2D eigenvalue weighted by Crippen LogP contribution is -2.17. The molecule has 6 heteroatoms. The Morgan fingerprint density at radius 2 is 2.36 bits per heavy atom. The van der Waals surface area contributed by atoms with Crippen LogP contribution in [0.1, 0.15) is 24.8 Å². The first kappa shape index (κ1) is 9.54. The maximum atomic E-state index is 5.72. The Morgan fingerprint density at radius 1 is 1.57 bits per heavy atom. The van der Waals surface area contributed by atoms with Crippen molar-refractivity contribution in [3.63, 3.8) is 0 Å². The van der Waals surface area contributed by atoms with Crippen molar-refractivity contribution in [1.82, 2.24) is 19.8 Å². The van der Waals surface area contributed by atoms with Gasteiger partial charge in [0.15, 0.2) is 0 Å². The smallest absolute Gasteiger partial charge is 0.234 e. The van der Waals surface area contributed by atoms with Crippen molar-refractivity contribution < 1.29 is 0 Å². The van der Waals surface area contributed by atoms with Crippen LogP contribution in [0, 0.1) is 5.92 Å². The van der Waals surface area contributed by atoms with Gasteiger partial charge >= 0.3 is 0 Å². The fourth-order valence-electron chi connectivity index (χ4n) is 1.38. The Kier molecular flexibility index (Phi) is 2.47. The van der Waals surface area contributed by atoms with E-state index in [1.165, 1.54) is 0 Å². The SMILES string of the molecule is CC(C)C(CN)c1nn2cnnc2s1. The van der Waals surface area contributed by atoms with Gasteiger partial charge in [0.25, 0.3) is 0 Å². The molecule has 76 valence electrons. The van der Waals surface area contributed by atoms with E-state index in [1.807, 2.05) is 0 Å². The molecule has 0 fully saturated rings. The van der Waals surface area contributed by atoms with E-state index < -0.39 is 0 Å². The van der Waals surface area contributed by atoms with Crippen LogP contribution in [-0.4, -0.2) is 26.4 Å². The third-order valence-electron chi connectivity index (χ3n) is 2.28. The number of aromatic nitrogens is 4. The molecule has 0 saturated heterocycles. The Hall–Kier alpha value is -1.01. The molecule has 1 atom stereocenters. The first-order valence-electron chi connectivity index (χ1n) is 4.59. The van der Waals surface area contributed by atoms with Crippen molar-refractivity contribution in [2.45, 2.75) is 19.8 Å². The number of hydrogen-bond donors (Lipinski definition) is 1. The molecule has 2 heterocycles. The van der Waals surface area contributed by atoms with Crippen LogP contribution in [0.2, 0.25) is 0 Å². The van der Waals surface area contributed by atoms with E-state index in [1.54, 1.807) is 22.2 Å². The summed E-state index contributed by atoms with van der Waals surface area (Å²) in [6.07, 6.45) is 1.61. The van der Waals surface area contributed by atoms with Crippen molar-refractivity contribution in [3.05, 3.63) is 11.3 Å². The molecule has 0 aliphatic heterocycles.